The monoisotopic (exact) mass is 272 g/mol. The molecule has 1 aromatic carbocycles. The van der Waals surface area contributed by atoms with Crippen molar-refractivity contribution in [3.63, 3.8) is 0 Å². The zero-order chi connectivity index (χ0) is 14.6. The van der Waals surface area contributed by atoms with E-state index in [2.05, 4.69) is 6.07 Å². The highest BCUT2D eigenvalue weighted by atomic mass is 16.5. The number of anilines is 1. The Morgan fingerprint density at radius 3 is 2.60 bits per heavy atom. The lowest BCUT2D eigenvalue weighted by molar-refractivity contribution is -0.129. The number of benzene rings is 1. The molecule has 1 aliphatic heterocycles. The van der Waals surface area contributed by atoms with E-state index in [9.17, 15) is 10.1 Å². The van der Waals surface area contributed by atoms with Crippen LogP contribution in [0.15, 0.2) is 24.3 Å². The van der Waals surface area contributed by atoms with Crippen LogP contribution in [0.5, 0.6) is 0 Å². The molecule has 0 spiro atoms. The maximum Gasteiger partial charge on any atom is 0.247 e. The quantitative estimate of drug-likeness (QED) is 0.850. The molecule has 1 fully saturated rings. The molecule has 1 aliphatic rings. The lowest BCUT2D eigenvalue weighted by Gasteiger charge is -2.35. The fourth-order valence-electron chi connectivity index (χ4n) is 2.64. The second-order valence-electron chi connectivity index (χ2n) is 5.14. The van der Waals surface area contributed by atoms with Crippen LogP contribution in [0.25, 0.3) is 0 Å². The van der Waals surface area contributed by atoms with Crippen LogP contribution in [0.3, 0.4) is 0 Å². The Bertz CT molecular complexity index is 528. The van der Waals surface area contributed by atoms with Crippen molar-refractivity contribution in [2.75, 3.05) is 24.7 Å². The summed E-state index contributed by atoms with van der Waals surface area (Å²) in [5.41, 5.74) is 1.00. The molecule has 1 heterocycles. The molecule has 0 unspecified atom stereocenters. The van der Waals surface area contributed by atoms with Crippen molar-refractivity contribution in [1.29, 1.82) is 5.26 Å². The minimum Gasteiger partial charge on any atom is -0.381 e. The molecule has 0 N–H and O–H groups in total. The van der Waals surface area contributed by atoms with E-state index in [1.807, 2.05) is 38.1 Å². The van der Waals surface area contributed by atoms with Gasteiger partial charge in [-0.25, -0.2) is 0 Å². The van der Waals surface area contributed by atoms with E-state index in [4.69, 9.17) is 4.74 Å². The molecule has 1 aromatic rings. The molecule has 0 radical (unpaired) electrons. The Kier molecular flexibility index (Phi) is 4.41. The number of para-hydroxylation sites is 1. The highest BCUT2D eigenvalue weighted by Crippen LogP contribution is 2.34. The number of amides is 1. The smallest absolute Gasteiger partial charge is 0.247 e. The van der Waals surface area contributed by atoms with Gasteiger partial charge in [0.25, 0.3) is 0 Å². The molecule has 4 heteroatoms. The van der Waals surface area contributed by atoms with Gasteiger partial charge in [0.2, 0.25) is 5.91 Å². The molecular formula is C16H20N2O2. The fourth-order valence-corrected chi connectivity index (χ4v) is 2.64. The Morgan fingerprint density at radius 2 is 2.05 bits per heavy atom. The van der Waals surface area contributed by atoms with Gasteiger partial charge in [-0.1, -0.05) is 18.2 Å². The van der Waals surface area contributed by atoms with Gasteiger partial charge in [-0.15, -0.1) is 0 Å². The van der Waals surface area contributed by atoms with Crippen LogP contribution in [0.2, 0.25) is 0 Å². The molecule has 0 aliphatic carbocycles. The Hall–Kier alpha value is -1.86. The average Bonchev–Trinajstić information content (AvgIpc) is 2.50. The summed E-state index contributed by atoms with van der Waals surface area (Å²) in [6, 6.07) is 10.0. The van der Waals surface area contributed by atoms with E-state index < -0.39 is 5.41 Å². The number of hydrogen-bond acceptors (Lipinski definition) is 3. The second-order valence-corrected chi connectivity index (χ2v) is 5.14. The van der Waals surface area contributed by atoms with Gasteiger partial charge in [-0.05, 0) is 38.3 Å². The summed E-state index contributed by atoms with van der Waals surface area (Å²) in [7, 11) is 0. The Labute approximate surface area is 120 Å². The molecule has 0 atom stereocenters. The largest absolute Gasteiger partial charge is 0.381 e. The van der Waals surface area contributed by atoms with Crippen LogP contribution in [0.1, 0.15) is 25.3 Å². The van der Waals surface area contributed by atoms with Crippen LogP contribution in [0, 0.1) is 23.7 Å². The lowest BCUT2D eigenvalue weighted by Crippen LogP contribution is -2.46. The molecule has 4 nitrogen and oxygen atoms in total. The number of nitrogens with zero attached hydrogens (tertiary/aromatic N) is 2. The molecule has 0 saturated carbocycles. The van der Waals surface area contributed by atoms with E-state index in [0.29, 0.717) is 32.6 Å². The van der Waals surface area contributed by atoms with Gasteiger partial charge in [0.05, 0.1) is 6.07 Å². The topological polar surface area (TPSA) is 53.3 Å². The average molecular weight is 272 g/mol. The summed E-state index contributed by atoms with van der Waals surface area (Å²) < 4.78 is 5.30. The summed E-state index contributed by atoms with van der Waals surface area (Å²) in [5, 5.41) is 9.52. The van der Waals surface area contributed by atoms with Crippen molar-refractivity contribution in [1.82, 2.24) is 0 Å². The van der Waals surface area contributed by atoms with E-state index in [1.54, 1.807) is 4.90 Å². The number of carbonyl (C=O) groups excluding carboxylic acids is 1. The highest BCUT2D eigenvalue weighted by molar-refractivity contribution is 6.00. The number of rotatable bonds is 3. The van der Waals surface area contributed by atoms with Crippen LogP contribution < -0.4 is 4.90 Å². The minimum atomic E-state index is -0.934. The standard InChI is InChI=1S/C16H20N2O2/c1-3-18(14-7-5-4-6-13(14)2)15(19)16(12-17)8-10-20-11-9-16/h4-7H,3,8-11H2,1-2H3. The van der Waals surface area contributed by atoms with Gasteiger partial charge >= 0.3 is 0 Å². The molecule has 0 aromatic heterocycles. The third kappa shape index (κ3) is 2.54. The Morgan fingerprint density at radius 1 is 1.40 bits per heavy atom. The first-order valence-corrected chi connectivity index (χ1v) is 7.01. The number of carbonyl (C=O) groups is 1. The third-order valence-corrected chi connectivity index (χ3v) is 3.94. The predicted molar refractivity (Wildman–Crippen MR) is 77.3 cm³/mol. The van der Waals surface area contributed by atoms with Crippen molar-refractivity contribution in [3.05, 3.63) is 29.8 Å². The van der Waals surface area contributed by atoms with Crippen molar-refractivity contribution < 1.29 is 9.53 Å². The van der Waals surface area contributed by atoms with Crippen molar-refractivity contribution in [3.8, 4) is 6.07 Å². The van der Waals surface area contributed by atoms with Gasteiger partial charge in [0.15, 0.2) is 0 Å². The molecular weight excluding hydrogens is 252 g/mol. The van der Waals surface area contributed by atoms with Gasteiger partial charge in [-0.2, -0.15) is 5.26 Å². The fraction of sp³-hybridized carbons (Fsp3) is 0.500. The van der Waals surface area contributed by atoms with E-state index in [0.717, 1.165) is 11.3 Å². The number of hydrogen-bond donors (Lipinski definition) is 0. The number of ether oxygens (including phenoxy) is 1. The Balaban J connectivity index is 2.34. The summed E-state index contributed by atoms with van der Waals surface area (Å²) >= 11 is 0. The summed E-state index contributed by atoms with van der Waals surface area (Å²) in [4.78, 5) is 14.6. The molecule has 1 saturated heterocycles. The van der Waals surface area contributed by atoms with Gasteiger partial charge < -0.3 is 9.64 Å². The van der Waals surface area contributed by atoms with Gasteiger partial charge in [0, 0.05) is 25.4 Å². The zero-order valence-electron chi connectivity index (χ0n) is 12.1. The lowest BCUT2D eigenvalue weighted by atomic mass is 9.80. The molecule has 106 valence electrons. The van der Waals surface area contributed by atoms with Gasteiger partial charge in [0.1, 0.15) is 5.41 Å². The van der Waals surface area contributed by atoms with E-state index in [1.165, 1.54) is 0 Å². The third-order valence-electron chi connectivity index (χ3n) is 3.94. The first-order valence-electron chi connectivity index (χ1n) is 7.01. The molecule has 20 heavy (non-hydrogen) atoms. The van der Waals surface area contributed by atoms with Crippen molar-refractivity contribution >= 4 is 11.6 Å². The van der Waals surface area contributed by atoms with Gasteiger partial charge in [-0.3, -0.25) is 4.79 Å². The summed E-state index contributed by atoms with van der Waals surface area (Å²) in [6.07, 6.45) is 0.954. The van der Waals surface area contributed by atoms with Crippen molar-refractivity contribution in [2.24, 2.45) is 5.41 Å². The number of nitriles is 1. The first kappa shape index (κ1) is 14.5. The first-order chi connectivity index (χ1) is 9.64. The SMILES string of the molecule is CCN(C(=O)C1(C#N)CCOCC1)c1ccccc1C. The van der Waals surface area contributed by atoms with Crippen LogP contribution >= 0.6 is 0 Å². The minimum absolute atomic E-state index is 0.0971. The summed E-state index contributed by atoms with van der Waals surface area (Å²) in [5.74, 6) is -0.0971. The van der Waals surface area contributed by atoms with Crippen LogP contribution in [-0.2, 0) is 9.53 Å². The molecule has 0 bridgehead atoms. The maximum atomic E-state index is 12.9. The van der Waals surface area contributed by atoms with Crippen LogP contribution in [0.4, 0.5) is 5.69 Å². The molecule has 1 amide bonds. The second kappa shape index (κ2) is 6.06. The highest BCUT2D eigenvalue weighted by Gasteiger charge is 2.43. The van der Waals surface area contributed by atoms with E-state index in [-0.39, 0.29) is 5.91 Å². The zero-order valence-corrected chi connectivity index (χ0v) is 12.1. The molecule has 2 rings (SSSR count). The number of aryl methyl sites for hydroxylation is 1. The summed E-state index contributed by atoms with van der Waals surface area (Å²) in [6.45, 7) is 5.44. The maximum absolute atomic E-state index is 12.9. The normalized spacial score (nSPS) is 17.2. The predicted octanol–water partition coefficient (Wildman–Crippen LogP) is 2.67. The van der Waals surface area contributed by atoms with Crippen LogP contribution in [-0.4, -0.2) is 25.7 Å². The van der Waals surface area contributed by atoms with Crippen molar-refractivity contribution in [2.45, 2.75) is 26.7 Å². The van der Waals surface area contributed by atoms with E-state index >= 15 is 0 Å².